The van der Waals surface area contributed by atoms with Gasteiger partial charge in [0.1, 0.15) is 13.1 Å². The summed E-state index contributed by atoms with van der Waals surface area (Å²) in [5.74, 6) is 2.54. The number of hydrogen-bond donors (Lipinski definition) is 1. The van der Waals surface area contributed by atoms with E-state index in [0.717, 1.165) is 34.8 Å². The molecule has 114 valence electrons. The molecule has 5 heteroatoms. The molecule has 0 aliphatic carbocycles. The zero-order valence-electron chi connectivity index (χ0n) is 12.4. The van der Waals surface area contributed by atoms with Gasteiger partial charge in [-0.05, 0) is 54.0 Å². The van der Waals surface area contributed by atoms with Gasteiger partial charge in [-0.15, -0.1) is 0 Å². The lowest BCUT2D eigenvalue weighted by molar-refractivity contribution is -0.688. The molecule has 0 amide bonds. The highest BCUT2D eigenvalue weighted by Gasteiger charge is 2.12. The molecule has 4 nitrogen and oxygen atoms in total. The van der Waals surface area contributed by atoms with Crippen LogP contribution in [-0.4, -0.2) is 13.2 Å². The number of halogens is 1. The van der Waals surface area contributed by atoms with E-state index in [9.17, 15) is 0 Å². The maximum absolute atomic E-state index is 5.68. The first kappa shape index (κ1) is 15.9. The van der Waals surface area contributed by atoms with Gasteiger partial charge >= 0.3 is 0 Å². The van der Waals surface area contributed by atoms with Gasteiger partial charge in [-0.2, -0.15) is 0 Å². The summed E-state index contributed by atoms with van der Waals surface area (Å²) in [6.45, 7) is 6.84. The Labute approximate surface area is 133 Å². The number of ether oxygens (including phenoxy) is 2. The Morgan fingerprint density at radius 2 is 1.95 bits per heavy atom. The van der Waals surface area contributed by atoms with Crippen LogP contribution in [0.3, 0.4) is 0 Å². The molecule has 0 spiro atoms. The Kier molecular flexibility index (Phi) is 6.14. The quantitative estimate of drug-likeness (QED) is 0.792. The van der Waals surface area contributed by atoms with Crippen LogP contribution in [0, 0.1) is 0 Å². The fourth-order valence-electron chi connectivity index (χ4n) is 2.10. The first-order valence-electron chi connectivity index (χ1n) is 7.16. The lowest BCUT2D eigenvalue weighted by Crippen LogP contribution is -2.80. The van der Waals surface area contributed by atoms with Gasteiger partial charge < -0.3 is 19.2 Å². The standard InChI is InChI=1S/C16H20BrNO3/c1-3-19-15-9-12(8-14(17)16(15)20-4-2)10-18-11-13-6-5-7-21-13/h5-9,18H,3-4,10-11H2,1-2H3/p+1. The van der Waals surface area contributed by atoms with E-state index < -0.39 is 0 Å². The normalized spacial score (nSPS) is 10.6. The van der Waals surface area contributed by atoms with E-state index in [-0.39, 0.29) is 0 Å². The summed E-state index contributed by atoms with van der Waals surface area (Å²) in [5, 5.41) is 2.19. The minimum absolute atomic E-state index is 0.614. The number of quaternary nitrogens is 1. The summed E-state index contributed by atoms with van der Waals surface area (Å²) in [7, 11) is 0. The largest absolute Gasteiger partial charge is 0.490 e. The number of rotatable bonds is 8. The molecule has 0 bridgehead atoms. The van der Waals surface area contributed by atoms with Crippen molar-refractivity contribution < 1.29 is 19.2 Å². The molecule has 2 rings (SSSR count). The second-order valence-electron chi connectivity index (χ2n) is 4.55. The minimum atomic E-state index is 0.614. The van der Waals surface area contributed by atoms with Crippen LogP contribution in [0.15, 0.2) is 39.4 Å². The van der Waals surface area contributed by atoms with Crippen molar-refractivity contribution in [3.8, 4) is 11.5 Å². The van der Waals surface area contributed by atoms with E-state index in [2.05, 4.69) is 27.3 Å². The maximum atomic E-state index is 5.68. The Morgan fingerprint density at radius 1 is 1.14 bits per heavy atom. The highest BCUT2D eigenvalue weighted by Crippen LogP contribution is 2.36. The zero-order valence-corrected chi connectivity index (χ0v) is 14.0. The SMILES string of the molecule is CCOc1cc(C[NH2+]Cc2ccco2)cc(Br)c1OCC. The second kappa shape index (κ2) is 8.10. The fourth-order valence-corrected chi connectivity index (χ4v) is 2.70. The number of benzene rings is 1. The van der Waals surface area contributed by atoms with Crippen LogP contribution >= 0.6 is 15.9 Å². The van der Waals surface area contributed by atoms with Crippen molar-refractivity contribution in [2.45, 2.75) is 26.9 Å². The van der Waals surface area contributed by atoms with Crippen molar-refractivity contribution in [3.63, 3.8) is 0 Å². The minimum Gasteiger partial charge on any atom is -0.490 e. The third-order valence-electron chi connectivity index (χ3n) is 2.96. The molecule has 2 N–H and O–H groups in total. The van der Waals surface area contributed by atoms with Crippen molar-refractivity contribution in [2.75, 3.05) is 13.2 Å². The third kappa shape index (κ3) is 4.51. The molecule has 0 atom stereocenters. The third-order valence-corrected chi connectivity index (χ3v) is 3.55. The topological polar surface area (TPSA) is 48.2 Å². The molecule has 0 aliphatic heterocycles. The Bertz CT molecular complexity index is 555. The average molecular weight is 355 g/mol. The maximum Gasteiger partial charge on any atom is 0.175 e. The van der Waals surface area contributed by atoms with Gasteiger partial charge in [0.25, 0.3) is 0 Å². The molecule has 1 heterocycles. The Balaban J connectivity index is 2.05. The van der Waals surface area contributed by atoms with E-state index in [4.69, 9.17) is 13.9 Å². The van der Waals surface area contributed by atoms with E-state index in [0.29, 0.717) is 13.2 Å². The summed E-state index contributed by atoms with van der Waals surface area (Å²) < 4.78 is 17.6. The monoisotopic (exact) mass is 354 g/mol. The van der Waals surface area contributed by atoms with Crippen LogP contribution in [0.2, 0.25) is 0 Å². The summed E-state index contributed by atoms with van der Waals surface area (Å²) in [5.41, 5.74) is 1.18. The van der Waals surface area contributed by atoms with Crippen molar-refractivity contribution >= 4 is 15.9 Å². The van der Waals surface area contributed by atoms with Crippen molar-refractivity contribution in [1.82, 2.24) is 0 Å². The molecule has 2 aromatic rings. The van der Waals surface area contributed by atoms with Gasteiger partial charge in [0.2, 0.25) is 0 Å². The number of nitrogens with two attached hydrogens (primary N) is 1. The molecule has 0 saturated carbocycles. The molecule has 21 heavy (non-hydrogen) atoms. The van der Waals surface area contributed by atoms with Crippen molar-refractivity contribution in [2.24, 2.45) is 0 Å². The molecule has 0 saturated heterocycles. The van der Waals surface area contributed by atoms with Crippen molar-refractivity contribution in [3.05, 3.63) is 46.3 Å². The second-order valence-corrected chi connectivity index (χ2v) is 5.40. The molecular weight excluding hydrogens is 334 g/mol. The highest BCUT2D eigenvalue weighted by atomic mass is 79.9. The molecule has 0 fully saturated rings. The van der Waals surface area contributed by atoms with Gasteiger partial charge in [0.15, 0.2) is 17.3 Å². The fraction of sp³-hybridized carbons (Fsp3) is 0.375. The summed E-state index contributed by atoms with van der Waals surface area (Å²) >= 11 is 3.56. The predicted molar refractivity (Wildman–Crippen MR) is 84.5 cm³/mol. The molecule has 1 aromatic carbocycles. The molecule has 0 unspecified atom stereocenters. The smallest absolute Gasteiger partial charge is 0.175 e. The van der Waals surface area contributed by atoms with Gasteiger partial charge in [0.05, 0.1) is 23.9 Å². The van der Waals surface area contributed by atoms with E-state index in [1.54, 1.807) is 6.26 Å². The van der Waals surface area contributed by atoms with E-state index >= 15 is 0 Å². The predicted octanol–water partition coefficient (Wildman–Crippen LogP) is 3.10. The van der Waals surface area contributed by atoms with Crippen LogP contribution in [-0.2, 0) is 13.1 Å². The average Bonchev–Trinajstić information content (AvgIpc) is 2.96. The molecule has 0 aliphatic rings. The lowest BCUT2D eigenvalue weighted by atomic mass is 10.2. The van der Waals surface area contributed by atoms with Crippen LogP contribution in [0.25, 0.3) is 0 Å². The Hall–Kier alpha value is -1.46. The summed E-state index contributed by atoms with van der Waals surface area (Å²) in [4.78, 5) is 0. The summed E-state index contributed by atoms with van der Waals surface area (Å²) in [6.07, 6.45) is 1.70. The molecule has 1 aromatic heterocycles. The molecular formula is C16H21BrNO3+. The first-order chi connectivity index (χ1) is 10.2. The van der Waals surface area contributed by atoms with Gasteiger partial charge in [-0.3, -0.25) is 0 Å². The highest BCUT2D eigenvalue weighted by molar-refractivity contribution is 9.10. The van der Waals surface area contributed by atoms with Crippen LogP contribution in [0.4, 0.5) is 0 Å². The van der Waals surface area contributed by atoms with Crippen LogP contribution in [0.5, 0.6) is 11.5 Å². The van der Waals surface area contributed by atoms with Gasteiger partial charge in [-0.1, -0.05) is 0 Å². The lowest BCUT2D eigenvalue weighted by Gasteiger charge is -2.14. The summed E-state index contributed by atoms with van der Waals surface area (Å²) in [6, 6.07) is 8.00. The van der Waals surface area contributed by atoms with Gasteiger partial charge in [-0.25, -0.2) is 0 Å². The van der Waals surface area contributed by atoms with Crippen LogP contribution in [0.1, 0.15) is 25.2 Å². The number of furan rings is 1. The Morgan fingerprint density at radius 3 is 2.62 bits per heavy atom. The van der Waals surface area contributed by atoms with Crippen LogP contribution < -0.4 is 14.8 Å². The van der Waals surface area contributed by atoms with Gasteiger partial charge in [0, 0.05) is 5.56 Å². The number of hydrogen-bond acceptors (Lipinski definition) is 3. The zero-order chi connectivity index (χ0) is 15.1. The molecule has 0 radical (unpaired) electrons. The first-order valence-corrected chi connectivity index (χ1v) is 7.96. The van der Waals surface area contributed by atoms with E-state index in [1.165, 1.54) is 5.56 Å². The van der Waals surface area contributed by atoms with E-state index in [1.807, 2.05) is 32.0 Å². The van der Waals surface area contributed by atoms with Crippen molar-refractivity contribution in [1.29, 1.82) is 0 Å².